The first-order valence-corrected chi connectivity index (χ1v) is 4.05. The van der Waals surface area contributed by atoms with E-state index in [0.717, 1.165) is 0 Å². The highest BCUT2D eigenvalue weighted by Gasteiger charge is 2.00. The summed E-state index contributed by atoms with van der Waals surface area (Å²) in [5, 5.41) is 14.5. The van der Waals surface area contributed by atoms with Crippen LogP contribution in [0.4, 0.5) is 24.5 Å². The molecular weight excluding hydrogens is 267 g/mol. The molecular formula is C9H17BF4N4O. The highest BCUT2D eigenvalue weighted by atomic mass is 19.0. The van der Waals surface area contributed by atoms with Crippen LogP contribution in [0.15, 0.2) is 33.6 Å². The Morgan fingerprint density at radius 3 is 2.11 bits per heavy atom. The lowest BCUT2D eigenvalue weighted by atomic mass is 10.2. The van der Waals surface area contributed by atoms with Gasteiger partial charge in [0.05, 0.1) is 13.6 Å². The average Bonchev–Trinajstić information content (AvgIpc) is 2.66. The average molecular weight is 284 g/mol. The number of hydrogen-bond acceptors (Lipinski definition) is 5. The number of nitrogens with zero attached hydrogens (tertiary/aromatic N) is 3. The Hall–Kier alpha value is -2.06. The van der Waals surface area contributed by atoms with E-state index in [1.54, 1.807) is 24.1 Å². The van der Waals surface area contributed by atoms with Gasteiger partial charge in [0, 0.05) is 0 Å². The van der Waals surface area contributed by atoms with Gasteiger partial charge in [-0.15, -0.1) is 10.2 Å². The summed E-state index contributed by atoms with van der Waals surface area (Å²) < 4.78 is 0. The molecule has 0 bridgehead atoms. The van der Waals surface area contributed by atoms with E-state index in [0.29, 0.717) is 16.3 Å². The lowest BCUT2D eigenvalue weighted by Gasteiger charge is -1.82. The lowest BCUT2D eigenvalue weighted by molar-refractivity contribution is 0.567. The molecule has 5 nitrogen and oxygen atoms in total. The molecule has 0 aromatic heterocycles. The van der Waals surface area contributed by atoms with Crippen LogP contribution in [0.25, 0.3) is 0 Å². The molecule has 2 rings (SSSR count). The van der Waals surface area contributed by atoms with Gasteiger partial charge in [-0.2, -0.15) is 0 Å². The van der Waals surface area contributed by atoms with Crippen LogP contribution >= 0.6 is 0 Å². The summed E-state index contributed by atoms with van der Waals surface area (Å²) in [7, 11) is 3.75. The smallest absolute Gasteiger partial charge is 0.134 e. The Morgan fingerprint density at radius 1 is 1.11 bits per heavy atom. The molecule has 0 spiro atoms. The maximum absolute atomic E-state index is 10.3. The maximum atomic E-state index is 10.3. The molecule has 110 valence electrons. The largest absolute Gasteiger partial charge is 0.323 e. The summed E-state index contributed by atoms with van der Waals surface area (Å²) in [6, 6.07) is 5.10. The van der Waals surface area contributed by atoms with Gasteiger partial charge in [0.1, 0.15) is 17.0 Å². The minimum atomic E-state index is 0. The molecule has 10 heteroatoms. The summed E-state index contributed by atoms with van der Waals surface area (Å²) in [6.45, 7) is 0. The number of rotatable bonds is 0. The van der Waals surface area contributed by atoms with Gasteiger partial charge >= 0.3 is 0 Å². The topological polar surface area (TPSA) is 66.2 Å². The van der Waals surface area contributed by atoms with Crippen molar-refractivity contribution in [3.05, 3.63) is 28.8 Å². The van der Waals surface area contributed by atoms with Crippen molar-refractivity contribution in [2.24, 2.45) is 15.4 Å². The van der Waals surface area contributed by atoms with E-state index in [4.69, 9.17) is 0 Å². The molecule has 0 aliphatic carbocycles. The van der Waals surface area contributed by atoms with Crippen molar-refractivity contribution in [2.75, 3.05) is 14.1 Å². The van der Waals surface area contributed by atoms with E-state index in [9.17, 15) is 4.79 Å². The molecule has 1 aliphatic heterocycles. The first-order valence-electron chi connectivity index (χ1n) is 4.05. The Morgan fingerprint density at radius 2 is 1.63 bits per heavy atom. The van der Waals surface area contributed by atoms with Crippen LogP contribution in [0.2, 0.25) is 0 Å². The quantitative estimate of drug-likeness (QED) is 0.495. The van der Waals surface area contributed by atoms with Crippen molar-refractivity contribution < 1.29 is 23.6 Å². The zero-order valence-electron chi connectivity index (χ0n) is 9.61. The van der Waals surface area contributed by atoms with E-state index in [1.165, 1.54) is 0 Å². The number of halogens is 4. The third-order valence-corrected chi connectivity index (χ3v) is 1.42. The molecule has 0 atom stereocenters. The molecule has 0 radical (unpaired) electrons. The fraction of sp³-hybridized carbons (Fsp3) is 0.222. The first kappa shape index (κ1) is 30.2. The number of hydrogen-bond donors (Lipinski definition) is 1. The SMILES string of the molecule is B.CNC.F.F.F.F.O=C=c1cccc2c1=NN=N2. The van der Waals surface area contributed by atoms with Gasteiger partial charge in [0.2, 0.25) is 0 Å². The van der Waals surface area contributed by atoms with Crippen LogP contribution in [0.3, 0.4) is 0 Å². The predicted octanol–water partition coefficient (Wildman–Crippen LogP) is -0.917. The van der Waals surface area contributed by atoms with Crippen LogP contribution in [-0.4, -0.2) is 28.4 Å². The second kappa shape index (κ2) is 15.9. The zero-order chi connectivity index (χ0) is 10.4. The van der Waals surface area contributed by atoms with Crippen molar-refractivity contribution >= 4 is 20.0 Å². The molecule has 0 saturated carbocycles. The molecule has 0 amide bonds. The zero-order valence-corrected chi connectivity index (χ0v) is 9.61. The number of carbonyl (C=O) groups excluding carboxylic acids is 1. The van der Waals surface area contributed by atoms with Crippen molar-refractivity contribution in [2.45, 2.75) is 0 Å². The third-order valence-electron chi connectivity index (χ3n) is 1.42. The normalized spacial score (nSPS) is 7.89. The molecule has 1 aromatic carbocycles. The van der Waals surface area contributed by atoms with Crippen LogP contribution in [0.1, 0.15) is 0 Å². The van der Waals surface area contributed by atoms with Crippen molar-refractivity contribution in [1.29, 1.82) is 0 Å². The Labute approximate surface area is 108 Å². The van der Waals surface area contributed by atoms with Gasteiger partial charge < -0.3 is 5.32 Å². The molecule has 0 fully saturated rings. The second-order valence-electron chi connectivity index (χ2n) is 2.56. The van der Waals surface area contributed by atoms with Crippen molar-refractivity contribution in [1.82, 2.24) is 5.32 Å². The third kappa shape index (κ3) is 7.79. The Bertz CT molecular complexity index is 493. The predicted molar refractivity (Wildman–Crippen MR) is 71.5 cm³/mol. The van der Waals surface area contributed by atoms with Gasteiger partial charge in [-0.3, -0.25) is 18.8 Å². The monoisotopic (exact) mass is 284 g/mol. The Kier molecular flexibility index (Phi) is 25.3. The van der Waals surface area contributed by atoms with E-state index in [2.05, 4.69) is 20.8 Å². The van der Waals surface area contributed by atoms with Crippen molar-refractivity contribution in [3.8, 4) is 0 Å². The van der Waals surface area contributed by atoms with Crippen LogP contribution in [0.5, 0.6) is 0 Å². The number of benzene rings is 1. The highest BCUT2D eigenvalue weighted by Crippen LogP contribution is 2.05. The summed E-state index contributed by atoms with van der Waals surface area (Å²) in [5.74, 6) is 1.76. The molecule has 1 N–H and O–H groups in total. The Balaban J connectivity index is -0.0000000758. The summed E-state index contributed by atoms with van der Waals surface area (Å²) in [5.41, 5.74) is 0.630. The van der Waals surface area contributed by atoms with Gasteiger partial charge in [0.25, 0.3) is 0 Å². The minimum absolute atomic E-state index is 0. The molecule has 1 aromatic rings. The minimum Gasteiger partial charge on any atom is -0.323 e. The highest BCUT2D eigenvalue weighted by molar-refractivity contribution is 5.75. The standard InChI is InChI=1S/C7H3N3O.C2H7N.BH3.4FH/c11-4-5-2-1-3-6-7(5)9-10-8-6;1-3-2;;;;;/h1-3H;3H,1-2H3;1H3;4*1H. The molecule has 1 heterocycles. The van der Waals surface area contributed by atoms with Gasteiger partial charge in [0.15, 0.2) is 0 Å². The number of fused-ring (bicyclic) bond motifs is 1. The van der Waals surface area contributed by atoms with E-state index in [-0.39, 0.29) is 27.2 Å². The summed E-state index contributed by atoms with van der Waals surface area (Å²) >= 11 is 0. The van der Waals surface area contributed by atoms with Crippen molar-refractivity contribution in [3.63, 3.8) is 0 Å². The molecule has 0 unspecified atom stereocenters. The van der Waals surface area contributed by atoms with Gasteiger partial charge in [-0.1, -0.05) is 6.07 Å². The fourth-order valence-corrected chi connectivity index (χ4v) is 0.915. The van der Waals surface area contributed by atoms with E-state index < -0.39 is 0 Å². The maximum Gasteiger partial charge on any atom is 0.134 e. The van der Waals surface area contributed by atoms with Crippen LogP contribution < -0.4 is 15.9 Å². The van der Waals surface area contributed by atoms with Gasteiger partial charge in [-0.05, 0) is 31.5 Å². The second-order valence-corrected chi connectivity index (χ2v) is 2.56. The summed E-state index contributed by atoms with van der Waals surface area (Å²) in [4.78, 5) is 10.3. The summed E-state index contributed by atoms with van der Waals surface area (Å²) in [6.07, 6.45) is 0. The van der Waals surface area contributed by atoms with E-state index >= 15 is 0 Å². The lowest BCUT2D eigenvalue weighted by Crippen LogP contribution is -2.24. The van der Waals surface area contributed by atoms with E-state index in [1.807, 2.05) is 14.1 Å². The fourth-order valence-electron chi connectivity index (χ4n) is 0.915. The van der Waals surface area contributed by atoms with Gasteiger partial charge in [-0.25, -0.2) is 4.79 Å². The number of nitrogens with one attached hydrogen (secondary N) is 1. The molecule has 1 aliphatic rings. The molecule has 0 saturated heterocycles. The molecule has 19 heavy (non-hydrogen) atoms. The first-order chi connectivity index (χ1) is 6.83. The van der Waals surface area contributed by atoms with Crippen LogP contribution in [0, 0.1) is 0 Å². The van der Waals surface area contributed by atoms with Crippen LogP contribution in [-0.2, 0) is 4.79 Å².